The largest absolute Gasteiger partial charge is 0.339 e. The maximum absolute atomic E-state index is 14.1. The third-order valence-electron chi connectivity index (χ3n) is 4.67. The number of rotatable bonds is 2. The van der Waals surface area contributed by atoms with Gasteiger partial charge in [-0.3, -0.25) is 4.79 Å². The molecule has 0 saturated carbocycles. The maximum Gasteiger partial charge on any atom is 0.253 e. The summed E-state index contributed by atoms with van der Waals surface area (Å²) in [4.78, 5) is 14.4. The van der Waals surface area contributed by atoms with E-state index in [1.807, 2.05) is 4.90 Å². The van der Waals surface area contributed by atoms with Crippen LogP contribution in [0.15, 0.2) is 18.2 Å². The number of carbonyl (C=O) groups excluding carboxylic acids is 1. The molecule has 2 fully saturated rings. The molecule has 4 heteroatoms. The van der Waals surface area contributed by atoms with Gasteiger partial charge in [0.2, 0.25) is 0 Å². The summed E-state index contributed by atoms with van der Waals surface area (Å²) in [5.41, 5.74) is 1.37. The van der Waals surface area contributed by atoms with Crippen LogP contribution >= 0.6 is 0 Å². The van der Waals surface area contributed by atoms with Gasteiger partial charge in [-0.2, -0.15) is 0 Å². The lowest BCUT2D eigenvalue weighted by atomic mass is 9.88. The van der Waals surface area contributed by atoms with Gasteiger partial charge in [-0.25, -0.2) is 4.39 Å². The van der Waals surface area contributed by atoms with Crippen LogP contribution in [-0.2, 0) is 0 Å². The molecule has 1 aromatic carbocycles. The van der Waals surface area contributed by atoms with Crippen LogP contribution in [0.25, 0.3) is 0 Å². The molecule has 0 radical (unpaired) electrons. The van der Waals surface area contributed by atoms with Crippen molar-refractivity contribution in [3.8, 4) is 0 Å². The smallest absolute Gasteiger partial charge is 0.253 e. The van der Waals surface area contributed by atoms with Crippen molar-refractivity contribution in [2.45, 2.75) is 38.0 Å². The molecule has 0 aromatic heterocycles. The van der Waals surface area contributed by atoms with E-state index in [4.69, 9.17) is 0 Å². The molecule has 1 amide bonds. The summed E-state index contributed by atoms with van der Waals surface area (Å²) in [6.07, 6.45) is 5.24. The van der Waals surface area contributed by atoms with Gasteiger partial charge in [0.05, 0.1) is 0 Å². The molecular weight excluding hydrogens is 267 g/mol. The summed E-state index contributed by atoms with van der Waals surface area (Å²) < 4.78 is 14.1. The average molecular weight is 290 g/mol. The first kappa shape index (κ1) is 14.5. The molecule has 2 heterocycles. The second-order valence-corrected chi connectivity index (χ2v) is 6.11. The Morgan fingerprint density at radius 3 is 2.57 bits per heavy atom. The molecule has 2 aliphatic rings. The number of likely N-dealkylation sites (tertiary alicyclic amines) is 1. The Morgan fingerprint density at radius 2 is 1.86 bits per heavy atom. The number of hydrogen-bond donors (Lipinski definition) is 1. The number of nitrogens with zero attached hydrogens (tertiary/aromatic N) is 1. The van der Waals surface area contributed by atoms with Gasteiger partial charge in [0, 0.05) is 18.7 Å². The Balaban J connectivity index is 1.80. The Bertz CT molecular complexity index is 506. The predicted molar refractivity (Wildman–Crippen MR) is 81.0 cm³/mol. The molecule has 1 aromatic rings. The van der Waals surface area contributed by atoms with Crippen molar-refractivity contribution in [1.82, 2.24) is 10.2 Å². The first-order chi connectivity index (χ1) is 10.3. The molecule has 3 nitrogen and oxygen atoms in total. The van der Waals surface area contributed by atoms with E-state index < -0.39 is 0 Å². The summed E-state index contributed by atoms with van der Waals surface area (Å²) in [5.74, 6) is 0.127. The van der Waals surface area contributed by atoms with Crippen LogP contribution in [0.2, 0.25) is 0 Å². The van der Waals surface area contributed by atoms with Crippen LogP contribution < -0.4 is 5.32 Å². The molecule has 0 atom stereocenters. The predicted octanol–water partition coefficient (Wildman–Crippen LogP) is 2.92. The molecule has 0 unspecified atom stereocenters. The quantitative estimate of drug-likeness (QED) is 0.908. The molecule has 3 rings (SSSR count). The number of hydrogen-bond acceptors (Lipinski definition) is 2. The number of halogens is 1. The molecule has 21 heavy (non-hydrogen) atoms. The van der Waals surface area contributed by atoms with Gasteiger partial charge in [0.25, 0.3) is 5.91 Å². The molecular formula is C17H23FN2O. The van der Waals surface area contributed by atoms with Gasteiger partial charge >= 0.3 is 0 Å². The van der Waals surface area contributed by atoms with Crippen LogP contribution in [-0.4, -0.2) is 37.0 Å². The normalized spacial score (nSPS) is 20.5. The monoisotopic (exact) mass is 290 g/mol. The summed E-state index contributed by atoms with van der Waals surface area (Å²) in [7, 11) is 0. The van der Waals surface area contributed by atoms with E-state index in [0.29, 0.717) is 5.56 Å². The van der Waals surface area contributed by atoms with Gasteiger partial charge in [0.1, 0.15) is 5.82 Å². The zero-order valence-corrected chi connectivity index (χ0v) is 12.4. The summed E-state index contributed by atoms with van der Waals surface area (Å²) >= 11 is 0. The number of benzene rings is 1. The zero-order valence-electron chi connectivity index (χ0n) is 12.4. The van der Waals surface area contributed by atoms with E-state index in [1.54, 1.807) is 12.1 Å². The van der Waals surface area contributed by atoms with Crippen molar-refractivity contribution >= 4 is 5.91 Å². The summed E-state index contributed by atoms with van der Waals surface area (Å²) in [6, 6.07) is 4.90. The Hall–Kier alpha value is -1.42. The lowest BCUT2D eigenvalue weighted by Crippen LogP contribution is -2.35. The number of amides is 1. The van der Waals surface area contributed by atoms with Crippen LogP contribution in [0.3, 0.4) is 0 Å². The lowest BCUT2D eigenvalue weighted by molar-refractivity contribution is 0.0724. The first-order valence-electron chi connectivity index (χ1n) is 8.05. The van der Waals surface area contributed by atoms with Gasteiger partial charge in [-0.05, 0) is 74.9 Å². The van der Waals surface area contributed by atoms with Crippen molar-refractivity contribution in [3.63, 3.8) is 0 Å². The second-order valence-electron chi connectivity index (χ2n) is 6.11. The SMILES string of the molecule is O=C(c1ccc(F)c(C2CCNCC2)c1)N1CCCCC1. The minimum absolute atomic E-state index is 0.0601. The highest BCUT2D eigenvalue weighted by Crippen LogP contribution is 2.28. The van der Waals surface area contributed by atoms with Crippen molar-refractivity contribution in [3.05, 3.63) is 35.1 Å². The van der Waals surface area contributed by atoms with Crippen molar-refractivity contribution in [2.24, 2.45) is 0 Å². The minimum Gasteiger partial charge on any atom is -0.339 e. The first-order valence-corrected chi connectivity index (χ1v) is 8.05. The fraction of sp³-hybridized carbons (Fsp3) is 0.588. The van der Waals surface area contributed by atoms with Crippen LogP contribution in [0, 0.1) is 5.82 Å². The van der Waals surface area contributed by atoms with Gasteiger partial charge in [0.15, 0.2) is 0 Å². The van der Waals surface area contributed by atoms with Crippen LogP contribution in [0.5, 0.6) is 0 Å². The third kappa shape index (κ3) is 3.26. The third-order valence-corrected chi connectivity index (χ3v) is 4.67. The standard InChI is InChI=1S/C17H23FN2O/c18-16-5-4-14(17(21)20-10-2-1-3-11-20)12-15(16)13-6-8-19-9-7-13/h4-5,12-13,19H,1-3,6-11H2. The number of carbonyl (C=O) groups is 1. The molecule has 2 saturated heterocycles. The van der Waals surface area contributed by atoms with Gasteiger partial charge in [-0.1, -0.05) is 0 Å². The topological polar surface area (TPSA) is 32.3 Å². The summed E-state index contributed by atoms with van der Waals surface area (Å²) in [5, 5.41) is 3.30. The highest BCUT2D eigenvalue weighted by Gasteiger charge is 2.22. The highest BCUT2D eigenvalue weighted by atomic mass is 19.1. The molecule has 0 spiro atoms. The van der Waals surface area contributed by atoms with Crippen molar-refractivity contribution in [1.29, 1.82) is 0 Å². The van der Waals surface area contributed by atoms with Gasteiger partial charge in [-0.15, -0.1) is 0 Å². The van der Waals surface area contributed by atoms with E-state index in [0.717, 1.165) is 57.4 Å². The van der Waals surface area contributed by atoms with E-state index in [-0.39, 0.29) is 17.6 Å². The van der Waals surface area contributed by atoms with Crippen molar-refractivity contribution < 1.29 is 9.18 Å². The van der Waals surface area contributed by atoms with Crippen molar-refractivity contribution in [2.75, 3.05) is 26.2 Å². The summed E-state index contributed by atoms with van der Waals surface area (Å²) in [6.45, 7) is 3.51. The van der Waals surface area contributed by atoms with E-state index >= 15 is 0 Å². The van der Waals surface area contributed by atoms with Crippen LogP contribution in [0.1, 0.15) is 53.9 Å². The highest BCUT2D eigenvalue weighted by molar-refractivity contribution is 5.94. The van der Waals surface area contributed by atoms with Gasteiger partial charge < -0.3 is 10.2 Å². The van der Waals surface area contributed by atoms with Crippen LogP contribution in [0.4, 0.5) is 4.39 Å². The molecule has 0 aliphatic carbocycles. The number of piperidine rings is 2. The fourth-order valence-corrected chi connectivity index (χ4v) is 3.40. The fourth-order valence-electron chi connectivity index (χ4n) is 3.40. The molecule has 0 bridgehead atoms. The van der Waals surface area contributed by atoms with E-state index in [1.165, 1.54) is 12.5 Å². The molecule has 1 N–H and O–H groups in total. The average Bonchev–Trinajstić information content (AvgIpc) is 2.56. The minimum atomic E-state index is -0.169. The zero-order chi connectivity index (χ0) is 14.7. The molecule has 2 aliphatic heterocycles. The molecule has 114 valence electrons. The second kappa shape index (κ2) is 6.56. The Labute approximate surface area is 125 Å². The lowest BCUT2D eigenvalue weighted by Gasteiger charge is -2.28. The maximum atomic E-state index is 14.1. The Kier molecular flexibility index (Phi) is 4.54. The number of nitrogens with one attached hydrogen (secondary N) is 1. The Morgan fingerprint density at radius 1 is 1.14 bits per heavy atom. The van der Waals surface area contributed by atoms with E-state index in [2.05, 4.69) is 5.32 Å². The van der Waals surface area contributed by atoms with E-state index in [9.17, 15) is 9.18 Å².